The Morgan fingerprint density at radius 2 is 1.89 bits per heavy atom. The Morgan fingerprint density at radius 1 is 1.21 bits per heavy atom. The van der Waals surface area contributed by atoms with E-state index in [9.17, 15) is 4.79 Å². The number of aromatic carboxylic acids is 1. The van der Waals surface area contributed by atoms with Crippen molar-refractivity contribution in [2.45, 2.75) is 0 Å². The van der Waals surface area contributed by atoms with E-state index in [1.54, 1.807) is 31.4 Å². The lowest BCUT2D eigenvalue weighted by Crippen LogP contribution is -2.05. The Labute approximate surface area is 110 Å². The van der Waals surface area contributed by atoms with Gasteiger partial charge in [0.05, 0.1) is 24.0 Å². The van der Waals surface area contributed by atoms with Crippen LogP contribution in [0.4, 0.5) is 17.1 Å². The third-order valence-electron chi connectivity index (χ3n) is 2.71. The van der Waals surface area contributed by atoms with E-state index in [0.29, 0.717) is 5.69 Å². The first-order valence-electron chi connectivity index (χ1n) is 5.64. The fourth-order valence-corrected chi connectivity index (χ4v) is 1.69. The van der Waals surface area contributed by atoms with Crippen LogP contribution >= 0.6 is 0 Å². The van der Waals surface area contributed by atoms with Gasteiger partial charge in [0.2, 0.25) is 0 Å². The van der Waals surface area contributed by atoms with Crippen molar-refractivity contribution >= 4 is 23.0 Å². The van der Waals surface area contributed by atoms with Crippen LogP contribution in [0.2, 0.25) is 0 Å². The highest BCUT2D eigenvalue weighted by Crippen LogP contribution is 2.27. The minimum Gasteiger partial charge on any atom is -0.497 e. The standard InChI is InChI=1S/C14H14N2O3/c1-19-10-7-5-9(6-8-10)16-12-4-2-3-11(13(12)15)14(17)18/h2-8,16H,15H2,1H3,(H,17,18). The Balaban J connectivity index is 2.27. The highest BCUT2D eigenvalue weighted by atomic mass is 16.5. The summed E-state index contributed by atoms with van der Waals surface area (Å²) < 4.78 is 5.06. The maximum absolute atomic E-state index is 11.0. The molecule has 0 aromatic heterocycles. The summed E-state index contributed by atoms with van der Waals surface area (Å²) in [4.78, 5) is 11.0. The zero-order valence-corrected chi connectivity index (χ0v) is 10.4. The van der Waals surface area contributed by atoms with Crippen molar-refractivity contribution in [3.05, 3.63) is 48.0 Å². The van der Waals surface area contributed by atoms with Crippen LogP contribution in [-0.2, 0) is 0 Å². The molecule has 0 spiro atoms. The molecule has 2 aromatic rings. The van der Waals surface area contributed by atoms with Crippen molar-refractivity contribution < 1.29 is 14.6 Å². The third kappa shape index (κ3) is 2.77. The van der Waals surface area contributed by atoms with E-state index in [2.05, 4.69) is 5.32 Å². The summed E-state index contributed by atoms with van der Waals surface area (Å²) in [5, 5.41) is 12.1. The van der Waals surface area contributed by atoms with Gasteiger partial charge in [-0.2, -0.15) is 0 Å². The molecule has 0 saturated heterocycles. The van der Waals surface area contributed by atoms with E-state index in [1.807, 2.05) is 12.1 Å². The second-order valence-corrected chi connectivity index (χ2v) is 3.93. The third-order valence-corrected chi connectivity index (χ3v) is 2.71. The Kier molecular flexibility index (Phi) is 3.56. The monoisotopic (exact) mass is 258 g/mol. The van der Waals surface area contributed by atoms with E-state index in [0.717, 1.165) is 11.4 Å². The predicted molar refractivity (Wildman–Crippen MR) is 74.1 cm³/mol. The van der Waals surface area contributed by atoms with Crippen LogP contribution in [0, 0.1) is 0 Å². The SMILES string of the molecule is COc1ccc(Nc2cccc(C(=O)O)c2N)cc1. The van der Waals surface area contributed by atoms with Crippen molar-refractivity contribution in [2.24, 2.45) is 0 Å². The Morgan fingerprint density at radius 3 is 2.47 bits per heavy atom. The number of carboxylic acid groups (broad SMARTS) is 1. The first kappa shape index (κ1) is 12.8. The van der Waals surface area contributed by atoms with Gasteiger partial charge in [0.1, 0.15) is 5.75 Å². The molecule has 0 atom stereocenters. The predicted octanol–water partition coefficient (Wildman–Crippen LogP) is 2.72. The molecule has 2 aromatic carbocycles. The molecule has 0 heterocycles. The lowest BCUT2D eigenvalue weighted by molar-refractivity contribution is 0.0698. The normalized spacial score (nSPS) is 9.95. The van der Waals surface area contributed by atoms with Gasteiger partial charge in [-0.15, -0.1) is 0 Å². The topological polar surface area (TPSA) is 84.6 Å². The first-order valence-corrected chi connectivity index (χ1v) is 5.64. The lowest BCUT2D eigenvalue weighted by atomic mass is 10.1. The van der Waals surface area contributed by atoms with Crippen LogP contribution in [0.15, 0.2) is 42.5 Å². The van der Waals surface area contributed by atoms with Gasteiger partial charge in [0, 0.05) is 5.69 Å². The van der Waals surface area contributed by atoms with Crippen LogP contribution in [0.25, 0.3) is 0 Å². The summed E-state index contributed by atoms with van der Waals surface area (Å²) >= 11 is 0. The summed E-state index contributed by atoms with van der Waals surface area (Å²) in [6.45, 7) is 0. The second kappa shape index (κ2) is 5.30. The Hall–Kier alpha value is -2.69. The first-order chi connectivity index (χ1) is 9.11. The number of anilines is 3. The molecular weight excluding hydrogens is 244 g/mol. The molecule has 0 bridgehead atoms. The van der Waals surface area contributed by atoms with Gasteiger partial charge >= 0.3 is 5.97 Å². The molecule has 0 aliphatic rings. The number of carboxylic acids is 1. The number of carbonyl (C=O) groups is 1. The number of nitrogen functional groups attached to an aromatic ring is 1. The van der Waals surface area contributed by atoms with Gasteiger partial charge < -0.3 is 20.9 Å². The number of ether oxygens (including phenoxy) is 1. The van der Waals surface area contributed by atoms with Gasteiger partial charge in [-0.3, -0.25) is 0 Å². The maximum Gasteiger partial charge on any atom is 0.337 e. The van der Waals surface area contributed by atoms with E-state index in [1.165, 1.54) is 6.07 Å². The van der Waals surface area contributed by atoms with E-state index in [-0.39, 0.29) is 11.3 Å². The molecule has 2 rings (SSSR count). The van der Waals surface area contributed by atoms with Crippen molar-refractivity contribution in [1.29, 1.82) is 0 Å². The molecule has 4 N–H and O–H groups in total. The Bertz CT molecular complexity index is 594. The van der Waals surface area contributed by atoms with Gasteiger partial charge in [-0.1, -0.05) is 6.07 Å². The van der Waals surface area contributed by atoms with Crippen molar-refractivity contribution in [2.75, 3.05) is 18.2 Å². The summed E-state index contributed by atoms with van der Waals surface area (Å²) in [5.74, 6) is -0.298. The number of hydrogen-bond acceptors (Lipinski definition) is 4. The average Bonchev–Trinajstić information content (AvgIpc) is 2.41. The number of methoxy groups -OCH3 is 1. The quantitative estimate of drug-likeness (QED) is 0.734. The number of nitrogens with one attached hydrogen (secondary N) is 1. The van der Waals surface area contributed by atoms with Gasteiger partial charge in [-0.05, 0) is 36.4 Å². The molecule has 5 heteroatoms. The minimum atomic E-state index is -1.05. The number of para-hydroxylation sites is 1. The molecule has 5 nitrogen and oxygen atoms in total. The highest BCUT2D eigenvalue weighted by Gasteiger charge is 2.10. The maximum atomic E-state index is 11.0. The number of hydrogen-bond donors (Lipinski definition) is 3. The molecule has 98 valence electrons. The van der Waals surface area contributed by atoms with Gasteiger partial charge in [-0.25, -0.2) is 4.79 Å². The number of rotatable bonds is 4. The molecule has 0 radical (unpaired) electrons. The second-order valence-electron chi connectivity index (χ2n) is 3.93. The summed E-state index contributed by atoms with van der Waals surface area (Å²) in [5.41, 5.74) is 7.48. The van der Waals surface area contributed by atoms with Crippen molar-refractivity contribution in [3.8, 4) is 5.75 Å². The van der Waals surface area contributed by atoms with E-state index < -0.39 is 5.97 Å². The van der Waals surface area contributed by atoms with Crippen LogP contribution in [0.3, 0.4) is 0 Å². The molecular formula is C14H14N2O3. The summed E-state index contributed by atoms with van der Waals surface area (Å²) in [6, 6.07) is 12.1. The van der Waals surface area contributed by atoms with Crippen LogP contribution in [-0.4, -0.2) is 18.2 Å². The molecule has 0 saturated carbocycles. The highest BCUT2D eigenvalue weighted by molar-refractivity contribution is 5.97. The molecule has 0 fully saturated rings. The fourth-order valence-electron chi connectivity index (χ4n) is 1.69. The van der Waals surface area contributed by atoms with E-state index in [4.69, 9.17) is 15.6 Å². The van der Waals surface area contributed by atoms with Gasteiger partial charge in [0.25, 0.3) is 0 Å². The van der Waals surface area contributed by atoms with Crippen molar-refractivity contribution in [3.63, 3.8) is 0 Å². The van der Waals surface area contributed by atoms with Gasteiger partial charge in [0.15, 0.2) is 0 Å². The summed E-state index contributed by atoms with van der Waals surface area (Å²) in [6.07, 6.45) is 0. The van der Waals surface area contributed by atoms with E-state index >= 15 is 0 Å². The van der Waals surface area contributed by atoms with Crippen LogP contribution in [0.1, 0.15) is 10.4 Å². The molecule has 19 heavy (non-hydrogen) atoms. The number of benzene rings is 2. The molecule has 0 aliphatic heterocycles. The van der Waals surface area contributed by atoms with Crippen LogP contribution in [0.5, 0.6) is 5.75 Å². The molecule has 0 aliphatic carbocycles. The zero-order valence-electron chi connectivity index (χ0n) is 10.4. The fraction of sp³-hybridized carbons (Fsp3) is 0.0714. The smallest absolute Gasteiger partial charge is 0.337 e. The lowest BCUT2D eigenvalue weighted by Gasteiger charge is -2.11. The molecule has 0 amide bonds. The van der Waals surface area contributed by atoms with Crippen molar-refractivity contribution in [1.82, 2.24) is 0 Å². The average molecular weight is 258 g/mol. The van der Waals surface area contributed by atoms with Crippen LogP contribution < -0.4 is 15.8 Å². The largest absolute Gasteiger partial charge is 0.497 e. The summed E-state index contributed by atoms with van der Waals surface area (Å²) in [7, 11) is 1.59. The number of nitrogens with two attached hydrogens (primary N) is 1. The minimum absolute atomic E-state index is 0.0820. The molecule has 0 unspecified atom stereocenters. The zero-order chi connectivity index (χ0) is 13.8.